The minimum atomic E-state index is -3.30. The second kappa shape index (κ2) is 9.89. The summed E-state index contributed by atoms with van der Waals surface area (Å²) < 4.78 is 42.5. The number of ether oxygens (including phenoxy) is 1. The highest BCUT2D eigenvalue weighted by Gasteiger charge is 2.41. The Hall–Kier alpha value is -2.32. The van der Waals surface area contributed by atoms with Gasteiger partial charge >= 0.3 is 0 Å². The Kier molecular flexibility index (Phi) is 7.14. The van der Waals surface area contributed by atoms with Crippen LogP contribution in [0.5, 0.6) is 17.2 Å². The molecule has 0 saturated carbocycles. The Labute approximate surface area is 194 Å². The summed E-state index contributed by atoms with van der Waals surface area (Å²) in [6.07, 6.45) is 6.04. The number of rotatable bonds is 8. The molecule has 2 N–H and O–H groups in total. The standard InChI is InChI=1S/C25H32FNO5S/c1-33(30,31)20-9-7-19(8-10-20)32-25-22-13-18(28)14-24(29)21(22)15-23(25)27-12-4-6-17(16-27)5-2-3-11-26/h7-10,13-14,17,23,25,28-29H,2-6,11-12,15-16H2,1H3. The molecule has 1 aliphatic carbocycles. The number of piperidine rings is 1. The number of phenolic OH excluding ortho intramolecular Hbond substituents is 2. The Morgan fingerprint density at radius 3 is 2.61 bits per heavy atom. The van der Waals surface area contributed by atoms with E-state index in [0.29, 0.717) is 24.5 Å². The molecule has 0 radical (unpaired) electrons. The van der Waals surface area contributed by atoms with Gasteiger partial charge in [-0.3, -0.25) is 9.29 Å². The lowest BCUT2D eigenvalue weighted by molar-refractivity contribution is 0.0453. The Morgan fingerprint density at radius 2 is 1.91 bits per heavy atom. The lowest BCUT2D eigenvalue weighted by Gasteiger charge is -2.39. The van der Waals surface area contributed by atoms with Crippen molar-refractivity contribution >= 4 is 9.84 Å². The number of likely N-dealkylation sites (tertiary alicyclic amines) is 1. The van der Waals surface area contributed by atoms with Gasteiger partial charge in [0.2, 0.25) is 0 Å². The maximum Gasteiger partial charge on any atom is 0.175 e. The number of phenols is 2. The molecule has 180 valence electrons. The van der Waals surface area contributed by atoms with E-state index in [0.717, 1.165) is 56.2 Å². The summed E-state index contributed by atoms with van der Waals surface area (Å²) in [5.41, 5.74) is 1.53. The van der Waals surface area contributed by atoms with Gasteiger partial charge in [0, 0.05) is 30.0 Å². The van der Waals surface area contributed by atoms with E-state index in [1.54, 1.807) is 18.2 Å². The maximum atomic E-state index is 12.5. The summed E-state index contributed by atoms with van der Waals surface area (Å²) >= 11 is 0. The van der Waals surface area contributed by atoms with E-state index in [9.17, 15) is 23.0 Å². The zero-order valence-electron chi connectivity index (χ0n) is 18.9. The third-order valence-electron chi connectivity index (χ3n) is 6.85. The third kappa shape index (κ3) is 5.44. The molecule has 4 rings (SSSR count). The number of alkyl halides is 1. The van der Waals surface area contributed by atoms with Crippen molar-refractivity contribution in [3.05, 3.63) is 47.5 Å². The number of halogens is 1. The van der Waals surface area contributed by atoms with Crippen molar-refractivity contribution in [3.63, 3.8) is 0 Å². The molecule has 0 bridgehead atoms. The fourth-order valence-corrected chi connectivity index (χ4v) is 5.83. The maximum absolute atomic E-state index is 12.5. The van der Waals surface area contributed by atoms with Crippen LogP contribution < -0.4 is 4.74 Å². The summed E-state index contributed by atoms with van der Waals surface area (Å²) in [4.78, 5) is 2.62. The smallest absolute Gasteiger partial charge is 0.175 e. The van der Waals surface area contributed by atoms with Gasteiger partial charge in [0.15, 0.2) is 9.84 Å². The third-order valence-corrected chi connectivity index (χ3v) is 7.97. The molecule has 1 heterocycles. The van der Waals surface area contributed by atoms with Crippen LogP contribution in [0, 0.1) is 5.92 Å². The van der Waals surface area contributed by atoms with Gasteiger partial charge in [-0.1, -0.05) is 6.42 Å². The summed E-state index contributed by atoms with van der Waals surface area (Å²) in [6, 6.07) is 9.32. The first-order valence-electron chi connectivity index (χ1n) is 11.6. The first kappa shape index (κ1) is 23.8. The lowest BCUT2D eigenvalue weighted by Crippen LogP contribution is -2.45. The molecule has 8 heteroatoms. The van der Waals surface area contributed by atoms with Crippen LogP contribution in [-0.2, 0) is 16.3 Å². The molecule has 2 aromatic rings. The highest BCUT2D eigenvalue weighted by atomic mass is 32.2. The van der Waals surface area contributed by atoms with Crippen molar-refractivity contribution in [1.82, 2.24) is 4.90 Å². The van der Waals surface area contributed by atoms with Gasteiger partial charge in [-0.05, 0) is 74.9 Å². The summed E-state index contributed by atoms with van der Waals surface area (Å²) in [6.45, 7) is 1.54. The van der Waals surface area contributed by atoms with Gasteiger partial charge in [0.25, 0.3) is 0 Å². The second-order valence-corrected chi connectivity index (χ2v) is 11.3. The Morgan fingerprint density at radius 1 is 1.15 bits per heavy atom. The van der Waals surface area contributed by atoms with Crippen LogP contribution in [0.3, 0.4) is 0 Å². The number of fused-ring (bicyclic) bond motifs is 1. The van der Waals surface area contributed by atoms with Crippen molar-refractivity contribution in [1.29, 1.82) is 0 Å². The lowest BCUT2D eigenvalue weighted by atomic mass is 9.91. The van der Waals surface area contributed by atoms with Crippen LogP contribution >= 0.6 is 0 Å². The zero-order valence-corrected chi connectivity index (χ0v) is 19.7. The van der Waals surface area contributed by atoms with E-state index >= 15 is 0 Å². The first-order chi connectivity index (χ1) is 15.8. The van der Waals surface area contributed by atoms with E-state index in [2.05, 4.69) is 4.90 Å². The van der Waals surface area contributed by atoms with Crippen LogP contribution in [0.1, 0.15) is 49.3 Å². The number of nitrogens with zero attached hydrogens (tertiary/aromatic N) is 1. The normalized spacial score (nSPS) is 23.4. The van der Waals surface area contributed by atoms with E-state index in [-0.39, 0.29) is 29.1 Å². The van der Waals surface area contributed by atoms with Crippen LogP contribution in [0.15, 0.2) is 41.3 Å². The Balaban J connectivity index is 1.59. The molecule has 33 heavy (non-hydrogen) atoms. The van der Waals surface area contributed by atoms with Gasteiger partial charge in [-0.15, -0.1) is 0 Å². The number of unbranched alkanes of at least 4 members (excludes halogenated alkanes) is 1. The summed E-state index contributed by atoms with van der Waals surface area (Å²) in [5, 5.41) is 20.6. The largest absolute Gasteiger partial charge is 0.508 e. The summed E-state index contributed by atoms with van der Waals surface area (Å²) in [5.74, 6) is 1.08. The van der Waals surface area contributed by atoms with Crippen molar-refractivity contribution in [3.8, 4) is 17.2 Å². The van der Waals surface area contributed by atoms with E-state index in [4.69, 9.17) is 4.74 Å². The number of aromatic hydroxyl groups is 2. The van der Waals surface area contributed by atoms with Crippen molar-refractivity contribution < 1.29 is 27.8 Å². The zero-order chi connectivity index (χ0) is 23.6. The van der Waals surface area contributed by atoms with Gasteiger partial charge < -0.3 is 14.9 Å². The first-order valence-corrected chi connectivity index (χ1v) is 13.5. The van der Waals surface area contributed by atoms with Crippen molar-refractivity contribution in [2.45, 2.75) is 55.6 Å². The fourth-order valence-electron chi connectivity index (χ4n) is 5.20. The molecule has 3 atom stereocenters. The topological polar surface area (TPSA) is 87.1 Å². The van der Waals surface area contributed by atoms with Crippen LogP contribution in [0.4, 0.5) is 4.39 Å². The van der Waals surface area contributed by atoms with Crippen molar-refractivity contribution in [2.24, 2.45) is 5.92 Å². The molecule has 1 saturated heterocycles. The molecular formula is C25H32FNO5S. The molecule has 2 aromatic carbocycles. The molecule has 2 aliphatic rings. The quantitative estimate of drug-likeness (QED) is 0.548. The number of sulfone groups is 1. The van der Waals surface area contributed by atoms with E-state index in [1.807, 2.05) is 0 Å². The van der Waals surface area contributed by atoms with Crippen LogP contribution in [0.25, 0.3) is 0 Å². The molecule has 1 fully saturated rings. The Bertz CT molecular complexity index is 1070. The van der Waals surface area contributed by atoms with E-state index in [1.165, 1.54) is 18.2 Å². The second-order valence-electron chi connectivity index (χ2n) is 9.27. The molecule has 1 aliphatic heterocycles. The molecular weight excluding hydrogens is 445 g/mol. The molecule has 3 unspecified atom stereocenters. The van der Waals surface area contributed by atoms with Gasteiger partial charge in [-0.25, -0.2) is 8.42 Å². The average Bonchev–Trinajstić information content (AvgIpc) is 3.12. The fraction of sp³-hybridized carbons (Fsp3) is 0.520. The summed E-state index contributed by atoms with van der Waals surface area (Å²) in [7, 11) is -3.30. The molecule has 6 nitrogen and oxygen atoms in total. The van der Waals surface area contributed by atoms with Gasteiger partial charge in [-0.2, -0.15) is 0 Å². The SMILES string of the molecule is CS(=O)(=O)c1ccc(OC2c3cc(O)cc(O)c3CC2N2CCCC(CCCCF)C2)cc1. The predicted molar refractivity (Wildman–Crippen MR) is 124 cm³/mol. The number of hydrogen-bond acceptors (Lipinski definition) is 6. The minimum absolute atomic E-state index is 0.0179. The van der Waals surface area contributed by atoms with Crippen molar-refractivity contribution in [2.75, 3.05) is 26.0 Å². The molecule has 0 amide bonds. The van der Waals surface area contributed by atoms with E-state index < -0.39 is 15.9 Å². The van der Waals surface area contributed by atoms with Gasteiger partial charge in [0.05, 0.1) is 17.6 Å². The molecule has 0 aromatic heterocycles. The highest BCUT2D eigenvalue weighted by Crippen LogP contribution is 2.44. The predicted octanol–water partition coefficient (Wildman–Crippen LogP) is 4.40. The van der Waals surface area contributed by atoms with Gasteiger partial charge in [0.1, 0.15) is 23.4 Å². The monoisotopic (exact) mass is 477 g/mol. The average molecular weight is 478 g/mol. The highest BCUT2D eigenvalue weighted by molar-refractivity contribution is 7.90. The number of hydrogen-bond donors (Lipinski definition) is 2. The number of benzene rings is 2. The minimum Gasteiger partial charge on any atom is -0.508 e. The van der Waals surface area contributed by atoms with Crippen LogP contribution in [0.2, 0.25) is 0 Å². The van der Waals surface area contributed by atoms with Crippen LogP contribution in [-0.4, -0.2) is 55.6 Å². The molecule has 0 spiro atoms.